The highest BCUT2D eigenvalue weighted by molar-refractivity contribution is 7.88. The van der Waals surface area contributed by atoms with E-state index in [9.17, 15) is 12.8 Å². The zero-order valence-electron chi connectivity index (χ0n) is 24.9. The molecule has 4 N–H and O–H groups in total. The first-order chi connectivity index (χ1) is 21.8. The number of fused-ring (bicyclic) bond motifs is 2. The summed E-state index contributed by atoms with van der Waals surface area (Å²) >= 11 is 0. The summed E-state index contributed by atoms with van der Waals surface area (Å²) in [6.07, 6.45) is 11.9. The maximum atomic E-state index is 14.6. The van der Waals surface area contributed by atoms with Gasteiger partial charge < -0.3 is 10.3 Å². The largest absolute Gasteiger partial charge is 0.353 e. The molecule has 45 heavy (non-hydrogen) atoms. The fraction of sp³-hybridized carbons (Fsp3) is 0.265. The van der Waals surface area contributed by atoms with Gasteiger partial charge in [0.25, 0.3) is 0 Å². The Balaban J connectivity index is 1.19. The molecule has 0 aliphatic heterocycles. The number of sulfonamides is 1. The maximum Gasteiger partial charge on any atom is 0.209 e. The van der Waals surface area contributed by atoms with Gasteiger partial charge in [-0.2, -0.15) is 5.10 Å². The Morgan fingerprint density at radius 3 is 2.53 bits per heavy atom. The number of benzene rings is 2. The minimum atomic E-state index is -3.43. The fourth-order valence-electron chi connectivity index (χ4n) is 6.29. The lowest BCUT2D eigenvalue weighted by Crippen LogP contribution is -2.21. The average Bonchev–Trinajstić information content (AvgIpc) is 3.79. The number of rotatable bonds is 10. The number of nitrogens with zero attached hydrogens (tertiary/aromatic N) is 3. The zero-order valence-corrected chi connectivity index (χ0v) is 25.7. The van der Waals surface area contributed by atoms with E-state index in [4.69, 9.17) is 0 Å². The highest BCUT2D eigenvalue weighted by Gasteiger charge is 2.17. The van der Waals surface area contributed by atoms with E-state index < -0.39 is 15.8 Å². The van der Waals surface area contributed by atoms with Gasteiger partial charge in [-0.05, 0) is 90.5 Å². The minimum Gasteiger partial charge on any atom is -0.353 e. The fourth-order valence-corrected chi connectivity index (χ4v) is 6.72. The summed E-state index contributed by atoms with van der Waals surface area (Å²) in [5.74, 6) is 0.316. The van der Waals surface area contributed by atoms with Crippen molar-refractivity contribution >= 4 is 31.8 Å². The molecule has 1 aliphatic carbocycles. The molecule has 9 nitrogen and oxygen atoms in total. The minimum absolute atomic E-state index is 0.0189. The Morgan fingerprint density at radius 2 is 1.69 bits per heavy atom. The van der Waals surface area contributed by atoms with Crippen LogP contribution in [0.5, 0.6) is 0 Å². The van der Waals surface area contributed by atoms with Crippen molar-refractivity contribution in [3.8, 4) is 33.8 Å². The van der Waals surface area contributed by atoms with Crippen molar-refractivity contribution in [2.24, 2.45) is 5.92 Å². The van der Waals surface area contributed by atoms with E-state index in [1.54, 1.807) is 12.3 Å². The molecule has 0 spiro atoms. The first-order valence-electron chi connectivity index (χ1n) is 15.1. The molecule has 0 saturated heterocycles. The second-order valence-electron chi connectivity index (χ2n) is 11.9. The quantitative estimate of drug-likeness (QED) is 0.142. The maximum absolute atomic E-state index is 14.6. The van der Waals surface area contributed by atoms with E-state index in [1.165, 1.54) is 37.8 Å². The van der Waals surface area contributed by atoms with Crippen LogP contribution >= 0.6 is 0 Å². The number of nitrogens with one attached hydrogen (secondary N) is 4. The normalized spacial score (nSPS) is 14.2. The first kappa shape index (κ1) is 29.3. The third kappa shape index (κ3) is 6.51. The summed E-state index contributed by atoms with van der Waals surface area (Å²) in [5.41, 5.74) is 8.15. The summed E-state index contributed by atoms with van der Waals surface area (Å²) in [6, 6.07) is 16.7. The molecule has 4 heterocycles. The highest BCUT2D eigenvalue weighted by atomic mass is 32.2. The average molecular weight is 624 g/mol. The van der Waals surface area contributed by atoms with Crippen molar-refractivity contribution in [2.75, 3.05) is 12.8 Å². The summed E-state index contributed by atoms with van der Waals surface area (Å²) in [4.78, 5) is 12.6. The van der Waals surface area contributed by atoms with Crippen LogP contribution in [0.2, 0.25) is 0 Å². The Kier molecular flexibility index (Phi) is 7.90. The lowest BCUT2D eigenvalue weighted by atomic mass is 10.0. The van der Waals surface area contributed by atoms with E-state index in [0.29, 0.717) is 16.8 Å². The molecule has 6 aromatic rings. The van der Waals surface area contributed by atoms with Crippen LogP contribution < -0.4 is 10.0 Å². The molecule has 230 valence electrons. The molecule has 1 saturated carbocycles. The molecular weight excluding hydrogens is 589 g/mol. The predicted octanol–water partition coefficient (Wildman–Crippen LogP) is 6.30. The summed E-state index contributed by atoms with van der Waals surface area (Å²) in [5, 5.41) is 13.2. The number of aromatic amines is 2. The number of aromatic nitrogens is 5. The van der Waals surface area contributed by atoms with Crippen LogP contribution in [0.25, 0.3) is 55.6 Å². The van der Waals surface area contributed by atoms with Gasteiger partial charge in [0, 0.05) is 59.1 Å². The molecule has 4 aromatic heterocycles. The van der Waals surface area contributed by atoms with Gasteiger partial charge in [-0.1, -0.05) is 18.9 Å². The lowest BCUT2D eigenvalue weighted by Gasteiger charge is -2.11. The Bertz CT molecular complexity index is 2120. The van der Waals surface area contributed by atoms with Crippen molar-refractivity contribution in [3.05, 3.63) is 90.1 Å². The second kappa shape index (κ2) is 12.2. The molecule has 1 fully saturated rings. The van der Waals surface area contributed by atoms with Crippen LogP contribution in [0.4, 0.5) is 4.39 Å². The van der Waals surface area contributed by atoms with Gasteiger partial charge in [0.05, 0.1) is 23.2 Å². The van der Waals surface area contributed by atoms with Crippen LogP contribution in [0.15, 0.2) is 73.2 Å². The molecule has 1 aliphatic rings. The number of H-pyrrole nitrogens is 2. The van der Waals surface area contributed by atoms with E-state index in [-0.39, 0.29) is 6.54 Å². The Labute approximate surface area is 260 Å². The predicted molar refractivity (Wildman–Crippen MR) is 175 cm³/mol. The summed E-state index contributed by atoms with van der Waals surface area (Å²) < 4.78 is 40.2. The molecule has 11 heteroatoms. The third-order valence-electron chi connectivity index (χ3n) is 8.50. The van der Waals surface area contributed by atoms with E-state index in [2.05, 4.69) is 53.4 Å². The van der Waals surface area contributed by atoms with Gasteiger partial charge in [0.15, 0.2) is 0 Å². The van der Waals surface area contributed by atoms with Crippen molar-refractivity contribution in [1.82, 2.24) is 35.2 Å². The molecule has 2 aromatic carbocycles. The van der Waals surface area contributed by atoms with Gasteiger partial charge in [-0.3, -0.25) is 15.1 Å². The van der Waals surface area contributed by atoms with Crippen molar-refractivity contribution in [2.45, 2.75) is 38.8 Å². The zero-order chi connectivity index (χ0) is 31.0. The van der Waals surface area contributed by atoms with Gasteiger partial charge in [-0.15, -0.1) is 0 Å². The van der Waals surface area contributed by atoms with Gasteiger partial charge in [0.2, 0.25) is 10.0 Å². The van der Waals surface area contributed by atoms with Crippen LogP contribution in [-0.4, -0.2) is 46.4 Å². The smallest absolute Gasteiger partial charge is 0.209 e. The van der Waals surface area contributed by atoms with E-state index in [1.807, 2.05) is 30.6 Å². The van der Waals surface area contributed by atoms with E-state index >= 15 is 0 Å². The van der Waals surface area contributed by atoms with E-state index in [0.717, 1.165) is 75.1 Å². The first-order valence-corrected chi connectivity index (χ1v) is 17.0. The van der Waals surface area contributed by atoms with Gasteiger partial charge >= 0.3 is 0 Å². The van der Waals surface area contributed by atoms with Crippen LogP contribution in [-0.2, 0) is 23.1 Å². The second-order valence-corrected chi connectivity index (χ2v) is 13.8. The molecule has 0 unspecified atom stereocenters. The number of hydrogen-bond acceptors (Lipinski definition) is 6. The van der Waals surface area contributed by atoms with Crippen LogP contribution in [0.3, 0.4) is 0 Å². The molecule has 0 bridgehead atoms. The molecule has 0 amide bonds. The van der Waals surface area contributed by atoms with Gasteiger partial charge in [0.1, 0.15) is 11.5 Å². The standard InChI is InChI=1S/C34H34FN7O2S/c1-45(43,44)39-19-22-10-25(13-27(35)12-22)33-29-15-32(40-30(29)8-9-38-33)34-28-14-24(6-7-31(28)41-42-34)26-11-23(18-37-20-26)17-36-16-21-4-2-3-5-21/h6-15,18,20-21,36,39-40H,2-5,16-17,19H2,1H3,(H,41,42). The highest BCUT2D eigenvalue weighted by Crippen LogP contribution is 2.35. The SMILES string of the molecule is CS(=O)(=O)NCc1cc(F)cc(-c2nccc3[nH]c(-c4n[nH]c5ccc(-c6cncc(CNCC7CCCC7)c6)cc45)cc23)c1. The van der Waals surface area contributed by atoms with Crippen LogP contribution in [0, 0.1) is 11.7 Å². The van der Waals surface area contributed by atoms with Gasteiger partial charge in [-0.25, -0.2) is 17.5 Å². The molecule has 7 rings (SSSR count). The summed E-state index contributed by atoms with van der Waals surface area (Å²) in [7, 11) is -3.43. The Hall–Kier alpha value is -4.45. The number of hydrogen-bond donors (Lipinski definition) is 4. The van der Waals surface area contributed by atoms with Crippen molar-refractivity contribution in [1.29, 1.82) is 0 Å². The molecular formula is C34H34FN7O2S. The topological polar surface area (TPSA) is 128 Å². The number of halogens is 1. The molecule has 0 atom stereocenters. The van der Waals surface area contributed by atoms with Crippen LogP contribution in [0.1, 0.15) is 36.8 Å². The lowest BCUT2D eigenvalue weighted by molar-refractivity contribution is 0.489. The Morgan fingerprint density at radius 1 is 0.867 bits per heavy atom. The van der Waals surface area contributed by atoms with Crippen molar-refractivity contribution < 1.29 is 12.8 Å². The summed E-state index contributed by atoms with van der Waals surface area (Å²) in [6.45, 7) is 1.83. The monoisotopic (exact) mass is 623 g/mol. The third-order valence-corrected chi connectivity index (χ3v) is 9.17. The number of pyridine rings is 2. The molecule has 0 radical (unpaired) electrons. The van der Waals surface area contributed by atoms with Crippen molar-refractivity contribution in [3.63, 3.8) is 0 Å².